The van der Waals surface area contributed by atoms with Crippen molar-refractivity contribution in [1.29, 1.82) is 0 Å². The molecule has 2 aromatic rings. The minimum atomic E-state index is -0.539. The van der Waals surface area contributed by atoms with Crippen molar-refractivity contribution in [2.45, 2.75) is 13.8 Å². The largest absolute Gasteiger partial charge is 0.423 e. The van der Waals surface area contributed by atoms with Gasteiger partial charge < -0.3 is 4.74 Å². The zero-order chi connectivity index (χ0) is 15.0. The minimum absolute atomic E-state index is 0.00580. The lowest BCUT2D eigenvalue weighted by molar-refractivity contribution is 0.0883. The molecule has 0 N–H and O–H groups in total. The van der Waals surface area contributed by atoms with Crippen molar-refractivity contribution < 1.29 is 14.3 Å². The molecule has 0 radical (unpaired) electrons. The molecule has 0 saturated heterocycles. The zero-order valence-corrected chi connectivity index (χ0v) is 11.9. The Hall–Kier alpha value is -2.62. The SMILES string of the molecule is CC1(C)C=Cc2cn(C(=O)Oc3ccccc3)cc2C1=O. The van der Waals surface area contributed by atoms with E-state index in [0.29, 0.717) is 11.3 Å². The molecule has 21 heavy (non-hydrogen) atoms. The fraction of sp³-hybridized carbons (Fsp3) is 0.176. The smallest absolute Gasteiger partial charge is 0.410 e. The average molecular weight is 281 g/mol. The first-order valence-electron chi connectivity index (χ1n) is 6.71. The molecule has 1 aromatic heterocycles. The van der Waals surface area contributed by atoms with E-state index < -0.39 is 11.5 Å². The van der Waals surface area contributed by atoms with Gasteiger partial charge in [0.05, 0.1) is 0 Å². The Morgan fingerprint density at radius 1 is 1.14 bits per heavy atom. The Morgan fingerprint density at radius 2 is 1.86 bits per heavy atom. The molecule has 1 aromatic carbocycles. The first kappa shape index (κ1) is 13.4. The number of Topliss-reactive ketones (excluding diaryl/α,β-unsaturated/α-hetero) is 1. The Morgan fingerprint density at radius 3 is 2.57 bits per heavy atom. The van der Waals surface area contributed by atoms with Crippen molar-refractivity contribution in [2.24, 2.45) is 5.41 Å². The topological polar surface area (TPSA) is 48.3 Å². The molecular formula is C17H15NO3. The normalized spacial score (nSPS) is 15.6. The van der Waals surface area contributed by atoms with Crippen molar-refractivity contribution in [1.82, 2.24) is 4.57 Å². The number of hydrogen-bond donors (Lipinski definition) is 0. The van der Waals surface area contributed by atoms with E-state index in [1.165, 1.54) is 10.8 Å². The Balaban J connectivity index is 1.88. The van der Waals surface area contributed by atoms with Gasteiger partial charge in [-0.1, -0.05) is 30.4 Å². The van der Waals surface area contributed by atoms with E-state index in [2.05, 4.69) is 0 Å². The van der Waals surface area contributed by atoms with Crippen LogP contribution < -0.4 is 4.74 Å². The van der Waals surface area contributed by atoms with Gasteiger partial charge in [-0.15, -0.1) is 0 Å². The zero-order valence-electron chi connectivity index (χ0n) is 11.9. The lowest BCUT2D eigenvalue weighted by Gasteiger charge is -2.21. The van der Waals surface area contributed by atoms with Crippen LogP contribution in [0.2, 0.25) is 0 Å². The summed E-state index contributed by atoms with van der Waals surface area (Å²) in [4.78, 5) is 24.4. The van der Waals surface area contributed by atoms with Crippen molar-refractivity contribution in [3.63, 3.8) is 0 Å². The fourth-order valence-corrected chi connectivity index (χ4v) is 2.26. The summed E-state index contributed by atoms with van der Waals surface area (Å²) in [5.74, 6) is 0.475. The average Bonchev–Trinajstić information content (AvgIpc) is 2.89. The third-order valence-electron chi connectivity index (χ3n) is 3.53. The van der Waals surface area contributed by atoms with Gasteiger partial charge in [0.2, 0.25) is 0 Å². The van der Waals surface area contributed by atoms with E-state index in [1.54, 1.807) is 30.5 Å². The number of allylic oxidation sites excluding steroid dienone is 1. The molecule has 0 atom stereocenters. The molecule has 1 aliphatic carbocycles. The third-order valence-corrected chi connectivity index (χ3v) is 3.53. The van der Waals surface area contributed by atoms with Crippen molar-refractivity contribution >= 4 is 18.0 Å². The van der Waals surface area contributed by atoms with Crippen LogP contribution in [0, 0.1) is 5.41 Å². The molecule has 3 rings (SSSR count). The van der Waals surface area contributed by atoms with Gasteiger partial charge in [0, 0.05) is 28.9 Å². The summed E-state index contributed by atoms with van der Waals surface area (Å²) in [6, 6.07) is 8.83. The molecule has 1 heterocycles. The second kappa shape index (κ2) is 4.74. The van der Waals surface area contributed by atoms with E-state index >= 15 is 0 Å². The van der Waals surface area contributed by atoms with Crippen LogP contribution in [0.15, 0.2) is 48.8 Å². The van der Waals surface area contributed by atoms with Crippen LogP contribution in [0.1, 0.15) is 29.8 Å². The molecular weight excluding hydrogens is 266 g/mol. The molecule has 1 aliphatic rings. The number of para-hydroxylation sites is 1. The van der Waals surface area contributed by atoms with E-state index in [4.69, 9.17) is 4.74 Å². The number of fused-ring (bicyclic) bond motifs is 1. The maximum Gasteiger partial charge on any atom is 0.423 e. The van der Waals surface area contributed by atoms with Crippen LogP contribution in [-0.2, 0) is 0 Å². The highest BCUT2D eigenvalue weighted by Crippen LogP contribution is 2.32. The number of carbonyl (C=O) groups excluding carboxylic acids is 2. The van der Waals surface area contributed by atoms with Crippen LogP contribution in [0.3, 0.4) is 0 Å². The molecule has 0 bridgehead atoms. The highest BCUT2D eigenvalue weighted by Gasteiger charge is 2.32. The summed E-state index contributed by atoms with van der Waals surface area (Å²) in [5, 5.41) is 0. The second-order valence-electron chi connectivity index (χ2n) is 5.60. The quantitative estimate of drug-likeness (QED) is 0.799. The van der Waals surface area contributed by atoms with Crippen molar-refractivity contribution in [3.8, 4) is 5.75 Å². The summed E-state index contributed by atoms with van der Waals surface area (Å²) in [5.41, 5.74) is 0.750. The Labute approximate surface area is 122 Å². The van der Waals surface area contributed by atoms with Crippen molar-refractivity contribution in [3.05, 3.63) is 59.9 Å². The Bertz CT molecular complexity index is 739. The van der Waals surface area contributed by atoms with Gasteiger partial charge in [-0.3, -0.25) is 9.36 Å². The highest BCUT2D eigenvalue weighted by atomic mass is 16.6. The lowest BCUT2D eigenvalue weighted by atomic mass is 9.80. The first-order chi connectivity index (χ1) is 9.97. The molecule has 0 unspecified atom stereocenters. The molecule has 0 saturated carbocycles. The molecule has 0 spiro atoms. The van der Waals surface area contributed by atoms with Gasteiger partial charge in [0.15, 0.2) is 5.78 Å². The molecule has 0 amide bonds. The second-order valence-corrected chi connectivity index (χ2v) is 5.60. The fourth-order valence-electron chi connectivity index (χ4n) is 2.26. The van der Waals surface area contributed by atoms with Crippen LogP contribution in [0.4, 0.5) is 4.79 Å². The summed E-state index contributed by atoms with van der Waals surface area (Å²) < 4.78 is 6.56. The minimum Gasteiger partial charge on any atom is -0.410 e. The summed E-state index contributed by atoms with van der Waals surface area (Å²) in [6.07, 6.45) is 6.33. The Kier molecular flexibility index (Phi) is 3.01. The van der Waals surface area contributed by atoms with Crippen LogP contribution in [0.5, 0.6) is 5.75 Å². The van der Waals surface area contributed by atoms with E-state index in [9.17, 15) is 9.59 Å². The molecule has 4 nitrogen and oxygen atoms in total. The molecule has 106 valence electrons. The summed E-state index contributed by atoms with van der Waals surface area (Å²) >= 11 is 0. The maximum atomic E-state index is 12.3. The maximum absolute atomic E-state index is 12.3. The number of carbonyl (C=O) groups is 2. The first-order valence-corrected chi connectivity index (χ1v) is 6.71. The van der Waals surface area contributed by atoms with Gasteiger partial charge in [-0.05, 0) is 26.0 Å². The number of hydrogen-bond acceptors (Lipinski definition) is 3. The number of aromatic nitrogens is 1. The number of rotatable bonds is 1. The predicted octanol–water partition coefficient (Wildman–Crippen LogP) is 3.77. The third kappa shape index (κ3) is 2.40. The van der Waals surface area contributed by atoms with Gasteiger partial charge in [-0.25, -0.2) is 4.79 Å². The highest BCUT2D eigenvalue weighted by molar-refractivity contribution is 6.07. The standard InChI is InChI=1S/C17H15NO3/c1-17(2)9-8-12-10-18(11-14(12)15(17)19)16(20)21-13-6-4-3-5-7-13/h3-11H,1-2H3. The van der Waals surface area contributed by atoms with E-state index in [0.717, 1.165) is 5.56 Å². The molecule has 0 aliphatic heterocycles. The number of benzene rings is 1. The summed E-state index contributed by atoms with van der Waals surface area (Å²) in [6.45, 7) is 3.71. The van der Waals surface area contributed by atoms with Crippen molar-refractivity contribution in [2.75, 3.05) is 0 Å². The van der Waals surface area contributed by atoms with Gasteiger partial charge in [-0.2, -0.15) is 0 Å². The summed E-state index contributed by atoms with van der Waals surface area (Å²) in [7, 11) is 0. The van der Waals surface area contributed by atoms with E-state index in [1.807, 2.05) is 32.1 Å². The number of ketones is 1. The molecule has 0 fully saturated rings. The number of nitrogens with zero attached hydrogens (tertiary/aromatic N) is 1. The molecule has 4 heteroatoms. The van der Waals surface area contributed by atoms with Crippen LogP contribution >= 0.6 is 0 Å². The number of ether oxygens (including phenoxy) is 1. The van der Waals surface area contributed by atoms with Crippen LogP contribution in [0.25, 0.3) is 6.08 Å². The monoisotopic (exact) mass is 281 g/mol. The predicted molar refractivity (Wildman–Crippen MR) is 79.4 cm³/mol. The van der Waals surface area contributed by atoms with Crippen LogP contribution in [-0.4, -0.2) is 16.4 Å². The van der Waals surface area contributed by atoms with Gasteiger partial charge in [0.25, 0.3) is 0 Å². The lowest BCUT2D eigenvalue weighted by Crippen LogP contribution is -2.24. The van der Waals surface area contributed by atoms with Gasteiger partial charge in [0.1, 0.15) is 5.75 Å². The van der Waals surface area contributed by atoms with Gasteiger partial charge >= 0.3 is 6.09 Å². The van der Waals surface area contributed by atoms with E-state index in [-0.39, 0.29) is 5.78 Å².